The normalized spacial score (nSPS) is 18.2. The number of hydrogen-bond donors (Lipinski definition) is 2. The Morgan fingerprint density at radius 3 is 2.57 bits per heavy atom. The Labute approximate surface area is 166 Å². The summed E-state index contributed by atoms with van der Waals surface area (Å²) in [4.78, 5) is 4.84. The van der Waals surface area contributed by atoms with Gasteiger partial charge in [-0.2, -0.15) is 0 Å². The minimum Gasteiger partial charge on any atom is -0.504 e. The second-order valence-electron chi connectivity index (χ2n) is 7.23. The number of ether oxygens (including phenoxy) is 2. The van der Waals surface area contributed by atoms with E-state index in [1.807, 2.05) is 24.3 Å². The van der Waals surface area contributed by atoms with E-state index in [0.29, 0.717) is 11.8 Å². The van der Waals surface area contributed by atoms with Crippen molar-refractivity contribution in [3.8, 4) is 17.2 Å². The Morgan fingerprint density at radius 1 is 1.00 bits per heavy atom. The molecule has 0 aromatic heterocycles. The van der Waals surface area contributed by atoms with Crippen molar-refractivity contribution in [3.63, 3.8) is 0 Å². The third-order valence-electron chi connectivity index (χ3n) is 5.32. The largest absolute Gasteiger partial charge is 0.504 e. The van der Waals surface area contributed by atoms with E-state index in [1.54, 1.807) is 20.3 Å². The van der Waals surface area contributed by atoms with Crippen LogP contribution in [0.3, 0.4) is 0 Å². The summed E-state index contributed by atoms with van der Waals surface area (Å²) < 4.78 is 10.6. The maximum absolute atomic E-state index is 9.78. The maximum atomic E-state index is 9.78. The number of nitrogens with zero attached hydrogens (tertiary/aromatic N) is 2. The molecule has 28 heavy (non-hydrogen) atoms. The van der Waals surface area contributed by atoms with Crippen LogP contribution in [0.15, 0.2) is 42.5 Å². The highest BCUT2D eigenvalue weighted by Gasteiger charge is 2.26. The lowest BCUT2D eigenvalue weighted by atomic mass is 10.1. The van der Waals surface area contributed by atoms with Gasteiger partial charge in [0.15, 0.2) is 11.5 Å². The van der Waals surface area contributed by atoms with E-state index >= 15 is 0 Å². The highest BCUT2D eigenvalue weighted by Crippen LogP contribution is 2.27. The molecule has 2 aromatic carbocycles. The summed E-state index contributed by atoms with van der Waals surface area (Å²) in [5, 5.41) is 19.3. The third kappa shape index (κ3) is 5.16. The highest BCUT2D eigenvalue weighted by molar-refractivity contribution is 5.41. The van der Waals surface area contributed by atoms with Crippen molar-refractivity contribution in [2.24, 2.45) is 0 Å². The number of aliphatic hydroxyl groups excluding tert-OH is 1. The molecule has 0 radical (unpaired) electrons. The fourth-order valence-corrected chi connectivity index (χ4v) is 3.82. The molecule has 1 aliphatic rings. The molecule has 1 saturated heterocycles. The summed E-state index contributed by atoms with van der Waals surface area (Å²) in [6.07, 6.45) is 0.749. The molecule has 2 N–H and O–H groups in total. The Kier molecular flexibility index (Phi) is 7.14. The zero-order valence-electron chi connectivity index (χ0n) is 16.7. The van der Waals surface area contributed by atoms with Gasteiger partial charge in [0.1, 0.15) is 5.75 Å². The minimum atomic E-state index is 0.160. The van der Waals surface area contributed by atoms with E-state index in [-0.39, 0.29) is 12.4 Å². The second-order valence-corrected chi connectivity index (χ2v) is 7.23. The van der Waals surface area contributed by atoms with Crippen LogP contribution >= 0.6 is 0 Å². The summed E-state index contributed by atoms with van der Waals surface area (Å²) in [5.74, 6) is 1.53. The van der Waals surface area contributed by atoms with E-state index in [9.17, 15) is 10.2 Å². The number of piperazine rings is 1. The topological polar surface area (TPSA) is 65.4 Å². The highest BCUT2D eigenvalue weighted by atomic mass is 16.5. The fraction of sp³-hybridized carbons (Fsp3) is 0.455. The van der Waals surface area contributed by atoms with Gasteiger partial charge in [-0.3, -0.25) is 9.80 Å². The SMILES string of the molecule is COc1cccc(CN2CCN(Cc3ccc(O)c(OC)c3)C[C@@H]2CCO)c1. The average Bonchev–Trinajstić information content (AvgIpc) is 2.71. The van der Waals surface area contributed by atoms with Gasteiger partial charge in [-0.1, -0.05) is 18.2 Å². The van der Waals surface area contributed by atoms with Crippen LogP contribution in [0.25, 0.3) is 0 Å². The van der Waals surface area contributed by atoms with Crippen molar-refractivity contribution in [3.05, 3.63) is 53.6 Å². The Morgan fingerprint density at radius 2 is 1.82 bits per heavy atom. The maximum Gasteiger partial charge on any atom is 0.160 e. The van der Waals surface area contributed by atoms with Crippen molar-refractivity contribution >= 4 is 0 Å². The van der Waals surface area contributed by atoms with Crippen molar-refractivity contribution in [2.75, 3.05) is 40.5 Å². The fourth-order valence-electron chi connectivity index (χ4n) is 3.82. The first-order chi connectivity index (χ1) is 13.6. The minimum absolute atomic E-state index is 0.160. The van der Waals surface area contributed by atoms with Crippen LogP contribution in [0, 0.1) is 0 Å². The summed E-state index contributed by atoms with van der Waals surface area (Å²) in [6, 6.07) is 14.0. The Bertz CT molecular complexity index is 768. The molecule has 6 heteroatoms. The molecule has 0 aliphatic carbocycles. The molecule has 0 spiro atoms. The summed E-state index contributed by atoms with van der Waals surface area (Å²) in [6.45, 7) is 4.62. The molecule has 1 fully saturated rings. The van der Waals surface area contributed by atoms with E-state index in [1.165, 1.54) is 5.56 Å². The molecule has 0 saturated carbocycles. The molecule has 1 atom stereocenters. The van der Waals surface area contributed by atoms with Crippen molar-refractivity contribution in [2.45, 2.75) is 25.6 Å². The van der Waals surface area contributed by atoms with Gasteiger partial charge in [0.25, 0.3) is 0 Å². The lowest BCUT2D eigenvalue weighted by Crippen LogP contribution is -2.52. The van der Waals surface area contributed by atoms with Crippen LogP contribution in [0.5, 0.6) is 17.2 Å². The number of hydrogen-bond acceptors (Lipinski definition) is 6. The Hall–Kier alpha value is -2.28. The van der Waals surface area contributed by atoms with E-state index in [0.717, 1.165) is 50.5 Å². The van der Waals surface area contributed by atoms with Crippen LogP contribution < -0.4 is 9.47 Å². The third-order valence-corrected chi connectivity index (χ3v) is 5.32. The average molecular weight is 386 g/mol. The molecule has 1 heterocycles. The first kappa shape index (κ1) is 20.5. The van der Waals surface area contributed by atoms with Gasteiger partial charge in [-0.15, -0.1) is 0 Å². The first-order valence-electron chi connectivity index (χ1n) is 9.69. The van der Waals surface area contributed by atoms with Gasteiger partial charge < -0.3 is 19.7 Å². The van der Waals surface area contributed by atoms with Gasteiger partial charge in [0.2, 0.25) is 0 Å². The zero-order chi connectivity index (χ0) is 19.9. The number of aromatic hydroxyl groups is 1. The van der Waals surface area contributed by atoms with Gasteiger partial charge in [0.05, 0.1) is 14.2 Å². The summed E-state index contributed by atoms with van der Waals surface area (Å²) in [5.41, 5.74) is 2.33. The van der Waals surface area contributed by atoms with Crippen LogP contribution in [0.1, 0.15) is 17.5 Å². The van der Waals surface area contributed by atoms with E-state index < -0.39 is 0 Å². The molecular weight excluding hydrogens is 356 g/mol. The van der Waals surface area contributed by atoms with Gasteiger partial charge in [-0.25, -0.2) is 0 Å². The number of phenolic OH excluding ortho intramolecular Hbond substituents is 1. The quantitative estimate of drug-likeness (QED) is 0.727. The Balaban J connectivity index is 1.64. The van der Waals surface area contributed by atoms with Gasteiger partial charge in [-0.05, 0) is 41.8 Å². The molecule has 0 amide bonds. The number of rotatable bonds is 8. The molecule has 6 nitrogen and oxygen atoms in total. The molecule has 2 aromatic rings. The first-order valence-corrected chi connectivity index (χ1v) is 9.69. The summed E-state index contributed by atoms with van der Waals surface area (Å²) >= 11 is 0. The molecule has 1 aliphatic heterocycles. The lowest BCUT2D eigenvalue weighted by Gasteiger charge is -2.41. The number of phenols is 1. The molecule has 0 bridgehead atoms. The van der Waals surface area contributed by atoms with Crippen LogP contribution in [0.4, 0.5) is 0 Å². The number of benzene rings is 2. The van der Waals surface area contributed by atoms with Crippen LogP contribution in [0.2, 0.25) is 0 Å². The van der Waals surface area contributed by atoms with Crippen molar-refractivity contribution in [1.82, 2.24) is 9.80 Å². The predicted molar refractivity (Wildman–Crippen MR) is 109 cm³/mol. The number of methoxy groups -OCH3 is 2. The second kappa shape index (κ2) is 9.78. The van der Waals surface area contributed by atoms with Crippen molar-refractivity contribution in [1.29, 1.82) is 0 Å². The van der Waals surface area contributed by atoms with E-state index in [2.05, 4.69) is 21.9 Å². The van der Waals surface area contributed by atoms with Gasteiger partial charge >= 0.3 is 0 Å². The number of aliphatic hydroxyl groups is 1. The van der Waals surface area contributed by atoms with Crippen LogP contribution in [-0.2, 0) is 13.1 Å². The molecule has 0 unspecified atom stereocenters. The standard InChI is InChI=1S/C22H30N2O4/c1-27-20-5-3-4-17(12-20)15-24-10-9-23(16-19(24)8-11-25)14-18-6-7-21(26)22(13-18)28-2/h3-7,12-13,19,25-26H,8-11,14-16H2,1-2H3/t19-/m0/s1. The molecular formula is C22H30N2O4. The van der Waals surface area contributed by atoms with E-state index in [4.69, 9.17) is 9.47 Å². The lowest BCUT2D eigenvalue weighted by molar-refractivity contribution is 0.0499. The molecule has 152 valence electrons. The predicted octanol–water partition coefficient (Wildman–Crippen LogP) is 2.48. The monoisotopic (exact) mass is 386 g/mol. The van der Waals surface area contributed by atoms with Crippen molar-refractivity contribution < 1.29 is 19.7 Å². The smallest absolute Gasteiger partial charge is 0.160 e. The molecule has 3 rings (SSSR count). The zero-order valence-corrected chi connectivity index (χ0v) is 16.7. The summed E-state index contributed by atoms with van der Waals surface area (Å²) in [7, 11) is 3.25. The van der Waals surface area contributed by atoms with Gasteiger partial charge in [0, 0.05) is 45.4 Å². The van der Waals surface area contributed by atoms with Crippen LogP contribution in [-0.4, -0.2) is 66.5 Å².